The van der Waals surface area contributed by atoms with Crippen LogP contribution in [0.2, 0.25) is 0 Å². The third-order valence-electron chi connectivity index (χ3n) is 3.57. The Kier molecular flexibility index (Phi) is 3.85. The average molecular weight is 290 g/mol. The number of halogens is 1. The van der Waals surface area contributed by atoms with Gasteiger partial charge in [0.1, 0.15) is 5.82 Å². The number of aromatic amines is 1. The van der Waals surface area contributed by atoms with Gasteiger partial charge in [0.2, 0.25) is 0 Å². The van der Waals surface area contributed by atoms with Gasteiger partial charge in [0.05, 0.1) is 17.1 Å². The highest BCUT2D eigenvalue weighted by Gasteiger charge is 2.20. The predicted molar refractivity (Wildman–Crippen MR) is 78.7 cm³/mol. The van der Waals surface area contributed by atoms with Crippen LogP contribution >= 0.6 is 11.6 Å². The van der Waals surface area contributed by atoms with Crippen molar-refractivity contribution in [1.29, 1.82) is 0 Å². The minimum Gasteiger partial charge on any atom is -0.309 e. The molecule has 1 aliphatic heterocycles. The fourth-order valence-corrected chi connectivity index (χ4v) is 2.70. The van der Waals surface area contributed by atoms with Gasteiger partial charge in [-0.25, -0.2) is 4.98 Å². The van der Waals surface area contributed by atoms with Crippen LogP contribution in [0.25, 0.3) is 0 Å². The molecule has 0 bridgehead atoms. The molecule has 2 aromatic rings. The summed E-state index contributed by atoms with van der Waals surface area (Å²) in [6, 6.07) is 10.3. The van der Waals surface area contributed by atoms with Crippen LogP contribution in [-0.2, 0) is 25.4 Å². The third-order valence-corrected chi connectivity index (χ3v) is 3.83. The van der Waals surface area contributed by atoms with E-state index in [1.54, 1.807) is 0 Å². The van der Waals surface area contributed by atoms with E-state index in [1.165, 1.54) is 5.56 Å². The number of hydrogen-bond acceptors (Lipinski definition) is 3. The number of alkyl halides is 1. The van der Waals surface area contributed by atoms with E-state index >= 15 is 0 Å². The summed E-state index contributed by atoms with van der Waals surface area (Å²) in [7, 11) is 0. The summed E-state index contributed by atoms with van der Waals surface area (Å²) in [5.74, 6) is 0.808. The molecule has 0 saturated heterocycles. The fourth-order valence-electron chi connectivity index (χ4n) is 2.57. The highest BCUT2D eigenvalue weighted by Crippen LogP contribution is 2.16. The Morgan fingerprint density at radius 1 is 1.30 bits per heavy atom. The van der Waals surface area contributed by atoms with Crippen molar-refractivity contribution in [2.24, 2.45) is 0 Å². The van der Waals surface area contributed by atoms with Crippen LogP contribution in [0.1, 0.15) is 22.6 Å². The van der Waals surface area contributed by atoms with E-state index in [9.17, 15) is 4.79 Å². The molecule has 0 atom stereocenters. The van der Waals surface area contributed by atoms with Crippen molar-refractivity contribution >= 4 is 11.6 Å². The largest absolute Gasteiger partial charge is 0.309 e. The van der Waals surface area contributed by atoms with Crippen molar-refractivity contribution in [3.63, 3.8) is 0 Å². The first-order valence-corrected chi connectivity index (χ1v) is 7.23. The minimum absolute atomic E-state index is 0.0524. The van der Waals surface area contributed by atoms with Crippen molar-refractivity contribution in [1.82, 2.24) is 14.9 Å². The standard InChI is InChI=1S/C15H16ClN3O/c16-8-14-17-13-6-7-19(10-12(13)15(20)18-14)9-11-4-2-1-3-5-11/h1-5H,6-10H2,(H,17,18,20). The number of benzene rings is 1. The first kappa shape index (κ1) is 13.3. The molecule has 5 heteroatoms. The molecule has 20 heavy (non-hydrogen) atoms. The van der Waals surface area contributed by atoms with E-state index in [1.807, 2.05) is 18.2 Å². The summed E-state index contributed by atoms with van der Waals surface area (Å²) >= 11 is 5.73. The summed E-state index contributed by atoms with van der Waals surface area (Å²) in [6.45, 7) is 2.42. The van der Waals surface area contributed by atoms with E-state index in [2.05, 4.69) is 27.0 Å². The Balaban J connectivity index is 1.80. The molecule has 1 N–H and O–H groups in total. The average Bonchev–Trinajstić information content (AvgIpc) is 2.48. The molecule has 0 radical (unpaired) electrons. The summed E-state index contributed by atoms with van der Waals surface area (Å²) in [5.41, 5.74) is 2.89. The summed E-state index contributed by atoms with van der Waals surface area (Å²) in [6.07, 6.45) is 0.802. The van der Waals surface area contributed by atoms with Crippen molar-refractivity contribution in [3.8, 4) is 0 Å². The monoisotopic (exact) mass is 289 g/mol. The molecule has 0 amide bonds. The zero-order valence-corrected chi connectivity index (χ0v) is 11.9. The van der Waals surface area contributed by atoms with E-state index in [4.69, 9.17) is 11.6 Å². The molecule has 0 fully saturated rings. The Labute approximate surface area is 122 Å². The van der Waals surface area contributed by atoms with Crippen LogP contribution in [0, 0.1) is 0 Å². The second-order valence-corrected chi connectivity index (χ2v) is 5.29. The first-order valence-electron chi connectivity index (χ1n) is 6.69. The maximum Gasteiger partial charge on any atom is 0.255 e. The fraction of sp³-hybridized carbons (Fsp3) is 0.333. The molecule has 1 aromatic carbocycles. The predicted octanol–water partition coefficient (Wildman–Crippen LogP) is 2.07. The molecular weight excluding hydrogens is 274 g/mol. The zero-order valence-electron chi connectivity index (χ0n) is 11.1. The molecule has 1 aliphatic rings. The van der Waals surface area contributed by atoms with Crippen molar-refractivity contribution in [3.05, 3.63) is 63.3 Å². The van der Waals surface area contributed by atoms with Gasteiger partial charge in [0, 0.05) is 26.1 Å². The van der Waals surface area contributed by atoms with E-state index in [-0.39, 0.29) is 11.4 Å². The highest BCUT2D eigenvalue weighted by molar-refractivity contribution is 6.16. The van der Waals surface area contributed by atoms with Crippen LogP contribution < -0.4 is 5.56 Å². The van der Waals surface area contributed by atoms with Gasteiger partial charge >= 0.3 is 0 Å². The highest BCUT2D eigenvalue weighted by atomic mass is 35.5. The van der Waals surface area contributed by atoms with Gasteiger partial charge in [-0.3, -0.25) is 9.69 Å². The molecule has 0 aliphatic carbocycles. The van der Waals surface area contributed by atoms with Crippen molar-refractivity contribution in [2.45, 2.75) is 25.4 Å². The second-order valence-electron chi connectivity index (χ2n) is 5.02. The third kappa shape index (κ3) is 2.76. The lowest BCUT2D eigenvalue weighted by Crippen LogP contribution is -2.35. The number of rotatable bonds is 3. The lowest BCUT2D eigenvalue weighted by Gasteiger charge is -2.27. The zero-order chi connectivity index (χ0) is 13.9. The van der Waals surface area contributed by atoms with E-state index < -0.39 is 0 Å². The number of hydrogen-bond donors (Lipinski definition) is 1. The van der Waals surface area contributed by atoms with E-state index in [0.29, 0.717) is 12.4 Å². The molecule has 3 rings (SSSR count). The van der Waals surface area contributed by atoms with Crippen LogP contribution in [0.5, 0.6) is 0 Å². The van der Waals surface area contributed by atoms with Gasteiger partial charge in [-0.15, -0.1) is 11.6 Å². The summed E-state index contributed by atoms with van der Waals surface area (Å²) < 4.78 is 0. The topological polar surface area (TPSA) is 49.0 Å². The van der Waals surface area contributed by atoms with Gasteiger partial charge < -0.3 is 4.98 Å². The smallest absolute Gasteiger partial charge is 0.255 e. The Bertz CT molecular complexity index is 654. The van der Waals surface area contributed by atoms with Gasteiger partial charge in [0.15, 0.2) is 0 Å². The SMILES string of the molecule is O=c1[nH]c(CCl)nc2c1CN(Cc1ccccc1)CC2. The van der Waals surface area contributed by atoms with Crippen molar-refractivity contribution in [2.75, 3.05) is 6.54 Å². The Morgan fingerprint density at radius 3 is 2.85 bits per heavy atom. The number of nitrogens with zero attached hydrogens (tertiary/aromatic N) is 2. The lowest BCUT2D eigenvalue weighted by atomic mass is 10.1. The molecule has 4 nitrogen and oxygen atoms in total. The van der Waals surface area contributed by atoms with Crippen LogP contribution in [-0.4, -0.2) is 21.4 Å². The number of aromatic nitrogens is 2. The summed E-state index contributed by atoms with van der Waals surface area (Å²) in [4.78, 5) is 21.5. The van der Waals surface area contributed by atoms with Crippen LogP contribution in [0.4, 0.5) is 0 Å². The summed E-state index contributed by atoms with van der Waals surface area (Å²) in [5, 5.41) is 0. The first-order chi connectivity index (χ1) is 9.76. The van der Waals surface area contributed by atoms with E-state index in [0.717, 1.165) is 30.8 Å². The van der Waals surface area contributed by atoms with Crippen LogP contribution in [0.15, 0.2) is 35.1 Å². The Hall–Kier alpha value is -1.65. The quantitative estimate of drug-likeness (QED) is 0.880. The number of nitrogens with one attached hydrogen (secondary N) is 1. The molecule has 0 spiro atoms. The second kappa shape index (κ2) is 5.77. The van der Waals surface area contributed by atoms with Crippen LogP contribution in [0.3, 0.4) is 0 Å². The van der Waals surface area contributed by atoms with Gasteiger partial charge in [-0.1, -0.05) is 30.3 Å². The molecular formula is C15H16ClN3O. The maximum atomic E-state index is 12.1. The minimum atomic E-state index is -0.0524. The lowest BCUT2D eigenvalue weighted by molar-refractivity contribution is 0.241. The van der Waals surface area contributed by atoms with Gasteiger partial charge in [-0.05, 0) is 5.56 Å². The normalized spacial score (nSPS) is 15.1. The molecule has 104 valence electrons. The molecule has 1 aromatic heterocycles. The Morgan fingerprint density at radius 2 is 2.10 bits per heavy atom. The number of fused-ring (bicyclic) bond motifs is 1. The molecule has 2 heterocycles. The molecule has 0 unspecified atom stereocenters. The number of H-pyrrole nitrogens is 1. The van der Waals surface area contributed by atoms with Crippen molar-refractivity contribution < 1.29 is 0 Å². The van der Waals surface area contributed by atoms with Gasteiger partial charge in [0.25, 0.3) is 5.56 Å². The maximum absolute atomic E-state index is 12.1. The molecule has 0 saturated carbocycles. The van der Waals surface area contributed by atoms with Gasteiger partial charge in [-0.2, -0.15) is 0 Å².